The van der Waals surface area contributed by atoms with Crippen molar-refractivity contribution in [3.8, 4) is 33.4 Å². The largest absolute Gasteiger partial charge is 0.455 e. The Morgan fingerprint density at radius 2 is 0.867 bits per heavy atom. The summed E-state index contributed by atoms with van der Waals surface area (Å²) >= 11 is 0. The van der Waals surface area contributed by atoms with Crippen molar-refractivity contribution in [2.75, 3.05) is 0 Å². The van der Waals surface area contributed by atoms with Crippen LogP contribution in [-0.4, -0.2) is 0 Å². The first kappa shape index (κ1) is 24.5. The number of para-hydroxylation sites is 2. The maximum absolute atomic E-state index is 6.34. The molecule has 0 fully saturated rings. The zero-order valence-electron chi connectivity index (χ0n) is 24.4. The first-order chi connectivity index (χ1) is 22.3. The van der Waals surface area contributed by atoms with Gasteiger partial charge in [0, 0.05) is 16.3 Å². The van der Waals surface area contributed by atoms with Gasteiger partial charge in [-0.1, -0.05) is 146 Å². The Balaban J connectivity index is 1.13. The predicted molar refractivity (Wildman–Crippen MR) is 191 cm³/mol. The van der Waals surface area contributed by atoms with Crippen LogP contribution in [0.4, 0.5) is 0 Å². The molecule has 1 heterocycles. The van der Waals surface area contributed by atoms with Crippen molar-refractivity contribution in [2.24, 2.45) is 0 Å². The summed E-state index contributed by atoms with van der Waals surface area (Å²) in [4.78, 5) is 0. The molecule has 0 saturated heterocycles. The van der Waals surface area contributed by atoms with E-state index in [0.717, 1.165) is 33.1 Å². The molecule has 0 N–H and O–H groups in total. The van der Waals surface area contributed by atoms with E-state index in [-0.39, 0.29) is 0 Å². The van der Waals surface area contributed by atoms with Gasteiger partial charge in [-0.15, -0.1) is 0 Å². The van der Waals surface area contributed by atoms with Crippen molar-refractivity contribution < 1.29 is 4.42 Å². The van der Waals surface area contributed by atoms with Gasteiger partial charge in [-0.05, 0) is 83.0 Å². The molecule has 1 nitrogen and oxygen atoms in total. The van der Waals surface area contributed by atoms with E-state index in [1.807, 2.05) is 12.1 Å². The van der Waals surface area contributed by atoms with Gasteiger partial charge in [0.2, 0.25) is 0 Å². The molecule has 0 radical (unpaired) electrons. The third-order valence-corrected chi connectivity index (χ3v) is 9.64. The average Bonchev–Trinajstić information content (AvgIpc) is 3.49. The quantitative estimate of drug-likeness (QED) is 0.193. The standard InChI is InChI=1S/C44H26O/c1-2-7-32-26-33(17-12-27(32)6-1)35-23-19-31-20-24-38-34(22-18-30-21-25-39(35)43(31)42(30)38)28-13-15-29(16-14-28)36-9-5-10-40-37-8-3-4-11-41(37)45-44(36)40/h1-26H. The summed E-state index contributed by atoms with van der Waals surface area (Å²) in [5, 5.41) is 12.7. The molecule has 45 heavy (non-hydrogen) atoms. The van der Waals surface area contributed by atoms with Gasteiger partial charge < -0.3 is 4.42 Å². The van der Waals surface area contributed by atoms with Crippen molar-refractivity contribution in [3.63, 3.8) is 0 Å². The van der Waals surface area contributed by atoms with E-state index < -0.39 is 0 Å². The maximum Gasteiger partial charge on any atom is 0.143 e. The van der Waals surface area contributed by atoms with Gasteiger partial charge in [0.1, 0.15) is 11.2 Å². The number of hydrogen-bond acceptors (Lipinski definition) is 1. The highest BCUT2D eigenvalue weighted by molar-refractivity contribution is 6.27. The van der Waals surface area contributed by atoms with Crippen molar-refractivity contribution in [2.45, 2.75) is 0 Å². The van der Waals surface area contributed by atoms with Crippen molar-refractivity contribution >= 4 is 65.0 Å². The van der Waals surface area contributed by atoms with E-state index in [1.165, 1.54) is 65.3 Å². The second-order valence-electron chi connectivity index (χ2n) is 12.1. The lowest BCUT2D eigenvalue weighted by atomic mass is 9.87. The normalized spacial score (nSPS) is 12.0. The predicted octanol–water partition coefficient (Wildman–Crippen LogP) is 12.6. The van der Waals surface area contributed by atoms with E-state index in [1.54, 1.807) is 0 Å². The summed E-state index contributed by atoms with van der Waals surface area (Å²) in [5.41, 5.74) is 9.13. The van der Waals surface area contributed by atoms with Crippen molar-refractivity contribution in [3.05, 3.63) is 158 Å². The van der Waals surface area contributed by atoms with Crippen LogP contribution in [0, 0.1) is 0 Å². The minimum Gasteiger partial charge on any atom is -0.455 e. The SMILES string of the molecule is c1ccc2cc(-c3ccc4ccc5c(-c6ccc(-c7cccc8c7oc7ccccc78)cc6)ccc6ccc3c4c65)ccc2c1. The highest BCUT2D eigenvalue weighted by Gasteiger charge is 2.16. The zero-order chi connectivity index (χ0) is 29.5. The Labute approximate surface area is 259 Å². The molecule has 0 unspecified atom stereocenters. The fourth-order valence-corrected chi connectivity index (χ4v) is 7.47. The fourth-order valence-electron chi connectivity index (χ4n) is 7.47. The maximum atomic E-state index is 6.34. The van der Waals surface area contributed by atoms with Crippen LogP contribution in [-0.2, 0) is 0 Å². The molecule has 9 aromatic carbocycles. The number of hydrogen-bond donors (Lipinski definition) is 0. The number of benzene rings is 9. The molecule has 0 spiro atoms. The van der Waals surface area contributed by atoms with E-state index >= 15 is 0 Å². The second kappa shape index (κ2) is 9.29. The molecule has 1 aromatic heterocycles. The van der Waals surface area contributed by atoms with Gasteiger partial charge in [0.15, 0.2) is 0 Å². The molecule has 0 saturated carbocycles. The third-order valence-electron chi connectivity index (χ3n) is 9.64. The highest BCUT2D eigenvalue weighted by Crippen LogP contribution is 2.43. The summed E-state index contributed by atoms with van der Waals surface area (Å²) in [6.07, 6.45) is 0. The molecular formula is C44H26O. The van der Waals surface area contributed by atoms with Gasteiger partial charge in [-0.2, -0.15) is 0 Å². The molecule has 0 aliphatic carbocycles. The molecule has 0 amide bonds. The van der Waals surface area contributed by atoms with Crippen LogP contribution in [0.2, 0.25) is 0 Å². The highest BCUT2D eigenvalue weighted by atomic mass is 16.3. The molecule has 10 aromatic rings. The Kier molecular flexibility index (Phi) is 5.06. The lowest BCUT2D eigenvalue weighted by molar-refractivity contribution is 0.670. The molecule has 0 aliphatic heterocycles. The van der Waals surface area contributed by atoms with Gasteiger partial charge in [0.25, 0.3) is 0 Å². The summed E-state index contributed by atoms with van der Waals surface area (Å²) in [7, 11) is 0. The Bertz CT molecular complexity index is 2740. The van der Waals surface area contributed by atoms with Crippen molar-refractivity contribution in [1.29, 1.82) is 0 Å². The summed E-state index contributed by atoms with van der Waals surface area (Å²) < 4.78 is 6.34. The Hall–Kier alpha value is -5.92. The van der Waals surface area contributed by atoms with E-state index in [0.29, 0.717) is 0 Å². The van der Waals surface area contributed by atoms with Crippen LogP contribution in [0.25, 0.3) is 98.4 Å². The fraction of sp³-hybridized carbons (Fsp3) is 0. The van der Waals surface area contributed by atoms with Gasteiger partial charge in [-0.25, -0.2) is 0 Å². The molecule has 0 aliphatic rings. The summed E-state index contributed by atoms with van der Waals surface area (Å²) in [6, 6.07) is 57.4. The number of rotatable bonds is 3. The Morgan fingerprint density at radius 3 is 1.62 bits per heavy atom. The first-order valence-corrected chi connectivity index (χ1v) is 15.5. The minimum absolute atomic E-state index is 0.925. The van der Waals surface area contributed by atoms with Crippen LogP contribution < -0.4 is 0 Å². The third kappa shape index (κ3) is 3.62. The van der Waals surface area contributed by atoms with E-state index in [2.05, 4.69) is 146 Å². The monoisotopic (exact) mass is 570 g/mol. The number of furan rings is 1. The first-order valence-electron chi connectivity index (χ1n) is 15.5. The molecule has 0 bridgehead atoms. The summed E-state index contributed by atoms with van der Waals surface area (Å²) in [5.74, 6) is 0. The number of fused-ring (bicyclic) bond motifs is 4. The molecular weight excluding hydrogens is 544 g/mol. The minimum atomic E-state index is 0.925. The van der Waals surface area contributed by atoms with Crippen LogP contribution in [0.15, 0.2) is 162 Å². The van der Waals surface area contributed by atoms with Crippen LogP contribution in [0.5, 0.6) is 0 Å². The van der Waals surface area contributed by atoms with Crippen LogP contribution in [0.1, 0.15) is 0 Å². The topological polar surface area (TPSA) is 13.1 Å². The van der Waals surface area contributed by atoms with Crippen LogP contribution >= 0.6 is 0 Å². The smallest absolute Gasteiger partial charge is 0.143 e. The second-order valence-corrected chi connectivity index (χ2v) is 12.1. The molecule has 1 heteroatoms. The molecule has 10 rings (SSSR count). The molecule has 208 valence electrons. The van der Waals surface area contributed by atoms with Crippen molar-refractivity contribution in [1.82, 2.24) is 0 Å². The molecule has 0 atom stereocenters. The zero-order valence-corrected chi connectivity index (χ0v) is 24.4. The van der Waals surface area contributed by atoms with Gasteiger partial charge in [0.05, 0.1) is 0 Å². The lowest BCUT2D eigenvalue weighted by Gasteiger charge is -2.17. The van der Waals surface area contributed by atoms with E-state index in [9.17, 15) is 0 Å². The van der Waals surface area contributed by atoms with Gasteiger partial charge in [-0.3, -0.25) is 0 Å². The van der Waals surface area contributed by atoms with Crippen LogP contribution in [0.3, 0.4) is 0 Å². The average molecular weight is 571 g/mol. The lowest BCUT2D eigenvalue weighted by Crippen LogP contribution is -1.89. The van der Waals surface area contributed by atoms with Gasteiger partial charge >= 0.3 is 0 Å². The summed E-state index contributed by atoms with van der Waals surface area (Å²) in [6.45, 7) is 0. The Morgan fingerprint density at radius 1 is 0.311 bits per heavy atom. The van der Waals surface area contributed by atoms with E-state index in [4.69, 9.17) is 4.42 Å².